The number of aromatic nitrogens is 2. The standard InChI is InChI=1S/C24H21ClN2/c1-3-20(21-11-7-8-12-22(21)25)24(17-9-5-4-6-10-17)18-13-14-23-19(15-18)16-26-27(23)2/h4-16H,3H2,1-2H3/b24-20+. The van der Waals surface area contributed by atoms with Gasteiger partial charge in [-0.1, -0.05) is 73.1 Å². The molecule has 0 amide bonds. The first-order valence-electron chi connectivity index (χ1n) is 9.14. The van der Waals surface area contributed by atoms with E-state index in [2.05, 4.69) is 60.6 Å². The molecule has 1 heterocycles. The molecule has 0 aliphatic rings. The summed E-state index contributed by atoms with van der Waals surface area (Å²) in [6, 6.07) is 25.2. The summed E-state index contributed by atoms with van der Waals surface area (Å²) in [5.74, 6) is 0. The van der Waals surface area contributed by atoms with Gasteiger partial charge in [0.05, 0.1) is 11.7 Å². The van der Waals surface area contributed by atoms with Gasteiger partial charge >= 0.3 is 0 Å². The fraction of sp³-hybridized carbons (Fsp3) is 0.125. The Morgan fingerprint density at radius 2 is 1.67 bits per heavy atom. The van der Waals surface area contributed by atoms with Crippen molar-refractivity contribution in [2.75, 3.05) is 0 Å². The van der Waals surface area contributed by atoms with Gasteiger partial charge in [0.25, 0.3) is 0 Å². The summed E-state index contributed by atoms with van der Waals surface area (Å²) in [6.45, 7) is 2.18. The summed E-state index contributed by atoms with van der Waals surface area (Å²) in [4.78, 5) is 0. The molecule has 0 radical (unpaired) electrons. The normalized spacial score (nSPS) is 12.3. The van der Waals surface area contributed by atoms with Crippen molar-refractivity contribution < 1.29 is 0 Å². The summed E-state index contributed by atoms with van der Waals surface area (Å²) >= 11 is 6.57. The quantitative estimate of drug-likeness (QED) is 0.369. The first kappa shape index (κ1) is 17.6. The number of nitrogens with zero attached hydrogens (tertiary/aromatic N) is 2. The molecule has 4 rings (SSSR count). The van der Waals surface area contributed by atoms with Crippen molar-refractivity contribution in [3.05, 3.63) is 101 Å². The van der Waals surface area contributed by atoms with Crippen molar-refractivity contribution in [1.29, 1.82) is 0 Å². The van der Waals surface area contributed by atoms with Gasteiger partial charge in [0.2, 0.25) is 0 Å². The summed E-state index contributed by atoms with van der Waals surface area (Å²) in [5, 5.41) is 6.31. The molecule has 27 heavy (non-hydrogen) atoms. The van der Waals surface area contributed by atoms with Gasteiger partial charge in [-0.25, -0.2) is 0 Å². The molecule has 0 unspecified atom stereocenters. The molecule has 0 N–H and O–H groups in total. The van der Waals surface area contributed by atoms with Crippen LogP contribution in [0.5, 0.6) is 0 Å². The third-order valence-electron chi connectivity index (χ3n) is 4.95. The minimum atomic E-state index is 0.783. The Morgan fingerprint density at radius 3 is 2.41 bits per heavy atom. The average molecular weight is 373 g/mol. The molecule has 0 aliphatic carbocycles. The van der Waals surface area contributed by atoms with Crippen LogP contribution in [0.2, 0.25) is 5.02 Å². The summed E-state index contributed by atoms with van der Waals surface area (Å²) in [7, 11) is 1.97. The zero-order chi connectivity index (χ0) is 18.8. The fourth-order valence-electron chi connectivity index (χ4n) is 3.65. The number of fused-ring (bicyclic) bond motifs is 1. The number of hydrogen-bond donors (Lipinski definition) is 0. The molecule has 4 aromatic rings. The summed E-state index contributed by atoms with van der Waals surface area (Å²) in [6.07, 6.45) is 2.81. The van der Waals surface area contributed by atoms with Gasteiger partial charge < -0.3 is 0 Å². The van der Waals surface area contributed by atoms with Crippen LogP contribution in [-0.4, -0.2) is 9.78 Å². The van der Waals surface area contributed by atoms with Crippen LogP contribution in [0.25, 0.3) is 22.0 Å². The Labute approximate surface area is 164 Å². The highest BCUT2D eigenvalue weighted by Crippen LogP contribution is 2.37. The molecule has 2 nitrogen and oxygen atoms in total. The molecule has 0 saturated heterocycles. The number of hydrogen-bond acceptors (Lipinski definition) is 1. The maximum Gasteiger partial charge on any atom is 0.0679 e. The predicted molar refractivity (Wildman–Crippen MR) is 115 cm³/mol. The van der Waals surface area contributed by atoms with E-state index in [1.807, 2.05) is 42.2 Å². The highest BCUT2D eigenvalue weighted by molar-refractivity contribution is 6.32. The second-order valence-corrected chi connectivity index (χ2v) is 7.00. The van der Waals surface area contributed by atoms with Crippen LogP contribution in [0.15, 0.2) is 79.0 Å². The largest absolute Gasteiger partial charge is 0.268 e. The van der Waals surface area contributed by atoms with Gasteiger partial charge in [-0.3, -0.25) is 4.68 Å². The highest BCUT2D eigenvalue weighted by Gasteiger charge is 2.15. The van der Waals surface area contributed by atoms with E-state index < -0.39 is 0 Å². The second-order valence-electron chi connectivity index (χ2n) is 6.59. The molecule has 134 valence electrons. The van der Waals surface area contributed by atoms with Gasteiger partial charge in [-0.2, -0.15) is 5.10 Å². The molecular formula is C24H21ClN2. The van der Waals surface area contributed by atoms with Crippen molar-refractivity contribution in [1.82, 2.24) is 9.78 Å². The van der Waals surface area contributed by atoms with Crippen LogP contribution in [-0.2, 0) is 7.05 Å². The third kappa shape index (κ3) is 3.29. The Balaban J connectivity index is 2.02. The second kappa shape index (κ2) is 7.42. The molecule has 3 heteroatoms. The number of halogens is 1. The van der Waals surface area contributed by atoms with E-state index in [1.165, 1.54) is 22.3 Å². The molecule has 0 atom stereocenters. The third-order valence-corrected chi connectivity index (χ3v) is 5.28. The lowest BCUT2D eigenvalue weighted by atomic mass is 9.88. The van der Waals surface area contributed by atoms with Gasteiger partial charge in [-0.05, 0) is 52.5 Å². The lowest BCUT2D eigenvalue weighted by Crippen LogP contribution is -1.96. The van der Waals surface area contributed by atoms with Crippen LogP contribution in [0.3, 0.4) is 0 Å². The molecule has 0 aliphatic heterocycles. The molecule has 0 saturated carbocycles. The zero-order valence-corrected chi connectivity index (χ0v) is 16.2. The minimum absolute atomic E-state index is 0.783. The van der Waals surface area contributed by atoms with Gasteiger partial charge in [0.1, 0.15) is 0 Å². The van der Waals surface area contributed by atoms with E-state index in [4.69, 9.17) is 11.6 Å². The lowest BCUT2D eigenvalue weighted by molar-refractivity contribution is 0.797. The molecule has 0 bridgehead atoms. The van der Waals surface area contributed by atoms with Crippen molar-refractivity contribution in [3.8, 4) is 0 Å². The van der Waals surface area contributed by atoms with Crippen LogP contribution in [0, 0.1) is 0 Å². The predicted octanol–water partition coefficient (Wildman–Crippen LogP) is 6.60. The Hall–Kier alpha value is -2.84. The first-order chi connectivity index (χ1) is 13.2. The fourth-order valence-corrected chi connectivity index (χ4v) is 3.90. The van der Waals surface area contributed by atoms with E-state index in [-0.39, 0.29) is 0 Å². The Kier molecular flexibility index (Phi) is 4.83. The van der Waals surface area contributed by atoms with E-state index in [0.717, 1.165) is 27.9 Å². The van der Waals surface area contributed by atoms with Crippen LogP contribution < -0.4 is 0 Å². The van der Waals surface area contributed by atoms with E-state index in [0.29, 0.717) is 0 Å². The number of benzene rings is 3. The van der Waals surface area contributed by atoms with Crippen molar-refractivity contribution in [2.24, 2.45) is 7.05 Å². The maximum absolute atomic E-state index is 6.57. The first-order valence-corrected chi connectivity index (χ1v) is 9.52. The SMILES string of the molecule is CC/C(=C(/c1ccccc1)c1ccc2c(cnn2C)c1)c1ccccc1Cl. The number of allylic oxidation sites excluding steroid dienone is 1. The van der Waals surface area contributed by atoms with E-state index >= 15 is 0 Å². The van der Waals surface area contributed by atoms with Crippen molar-refractivity contribution in [3.63, 3.8) is 0 Å². The smallest absolute Gasteiger partial charge is 0.0679 e. The van der Waals surface area contributed by atoms with Crippen LogP contribution in [0.4, 0.5) is 0 Å². The number of aryl methyl sites for hydroxylation is 1. The minimum Gasteiger partial charge on any atom is -0.268 e. The molecular weight excluding hydrogens is 352 g/mol. The Morgan fingerprint density at radius 1 is 0.926 bits per heavy atom. The Bertz CT molecular complexity index is 1120. The topological polar surface area (TPSA) is 17.8 Å². The van der Waals surface area contributed by atoms with Crippen LogP contribution >= 0.6 is 11.6 Å². The van der Waals surface area contributed by atoms with Gasteiger partial charge in [0.15, 0.2) is 0 Å². The molecule has 3 aromatic carbocycles. The summed E-state index contributed by atoms with van der Waals surface area (Å²) < 4.78 is 1.90. The van der Waals surface area contributed by atoms with E-state index in [9.17, 15) is 0 Å². The van der Waals surface area contributed by atoms with Crippen molar-refractivity contribution >= 4 is 33.7 Å². The molecule has 1 aromatic heterocycles. The maximum atomic E-state index is 6.57. The van der Waals surface area contributed by atoms with Crippen molar-refractivity contribution in [2.45, 2.75) is 13.3 Å². The molecule has 0 spiro atoms. The monoisotopic (exact) mass is 372 g/mol. The van der Waals surface area contributed by atoms with Gasteiger partial charge in [0, 0.05) is 17.5 Å². The highest BCUT2D eigenvalue weighted by atomic mass is 35.5. The van der Waals surface area contributed by atoms with E-state index in [1.54, 1.807) is 0 Å². The summed E-state index contributed by atoms with van der Waals surface area (Å²) in [5.41, 5.74) is 7.05. The van der Waals surface area contributed by atoms with Crippen LogP contribution in [0.1, 0.15) is 30.0 Å². The zero-order valence-electron chi connectivity index (χ0n) is 15.5. The molecule has 0 fully saturated rings. The van der Waals surface area contributed by atoms with Gasteiger partial charge in [-0.15, -0.1) is 0 Å². The average Bonchev–Trinajstić information content (AvgIpc) is 3.08. The number of rotatable bonds is 4. The lowest BCUT2D eigenvalue weighted by Gasteiger charge is -2.17.